The molecule has 2 atom stereocenters. The molecule has 2 rings (SSSR count). The Hall–Kier alpha value is -1.79. The molecule has 22 heavy (non-hydrogen) atoms. The largest absolute Gasteiger partial charge is 0.480 e. The number of carboxylic acids is 1. The van der Waals surface area contributed by atoms with Gasteiger partial charge in [-0.1, -0.05) is 11.6 Å². The maximum atomic E-state index is 12.2. The maximum absolute atomic E-state index is 12.2. The van der Waals surface area contributed by atoms with Gasteiger partial charge in [-0.05, 0) is 38.0 Å². The monoisotopic (exact) mass is 327 g/mol. The molecule has 7 heteroatoms. The molecule has 0 aliphatic carbocycles. The Kier molecular flexibility index (Phi) is 5.63. The van der Waals surface area contributed by atoms with E-state index in [4.69, 9.17) is 26.2 Å². The second kappa shape index (κ2) is 7.47. The summed E-state index contributed by atoms with van der Waals surface area (Å²) in [5, 5.41) is 11.6. The molecule has 1 fully saturated rings. The highest BCUT2D eigenvalue weighted by Gasteiger charge is 2.25. The van der Waals surface area contributed by atoms with E-state index in [1.54, 1.807) is 12.1 Å². The van der Waals surface area contributed by atoms with Gasteiger partial charge in [0.2, 0.25) is 5.91 Å². The number of aliphatic carboxylic acids is 1. The topological polar surface area (TPSA) is 84.9 Å². The molecule has 0 saturated carbocycles. The van der Waals surface area contributed by atoms with E-state index in [2.05, 4.69) is 5.32 Å². The highest BCUT2D eigenvalue weighted by molar-refractivity contribution is 6.32. The van der Waals surface area contributed by atoms with Crippen molar-refractivity contribution in [2.45, 2.75) is 25.9 Å². The fourth-order valence-electron chi connectivity index (χ4n) is 2.32. The Labute approximate surface area is 133 Å². The molecule has 0 bridgehead atoms. The number of carbonyl (C=O) groups excluding carboxylic acids is 1. The van der Waals surface area contributed by atoms with Gasteiger partial charge in [-0.2, -0.15) is 0 Å². The van der Waals surface area contributed by atoms with Gasteiger partial charge in [0.15, 0.2) is 6.61 Å². The molecule has 1 aliphatic rings. The Morgan fingerprint density at radius 1 is 1.50 bits per heavy atom. The van der Waals surface area contributed by atoms with Crippen molar-refractivity contribution in [1.82, 2.24) is 0 Å². The van der Waals surface area contributed by atoms with Gasteiger partial charge in [0.25, 0.3) is 0 Å². The van der Waals surface area contributed by atoms with E-state index in [9.17, 15) is 9.59 Å². The van der Waals surface area contributed by atoms with Crippen LogP contribution in [0, 0.1) is 5.92 Å². The predicted molar refractivity (Wildman–Crippen MR) is 81.4 cm³/mol. The Morgan fingerprint density at radius 2 is 2.27 bits per heavy atom. The standard InChI is InChI=1S/C15H18ClNO5/c1-9-6-10(4-5-21-9)15(20)17-11-2-3-13(12(16)7-11)22-8-14(18)19/h2-3,7,9-10H,4-6,8H2,1H3,(H,17,20)(H,18,19)/t9-,10+/m1/s1. The Morgan fingerprint density at radius 3 is 2.91 bits per heavy atom. The molecule has 0 unspecified atom stereocenters. The fraction of sp³-hybridized carbons (Fsp3) is 0.467. The molecule has 2 N–H and O–H groups in total. The summed E-state index contributed by atoms with van der Waals surface area (Å²) in [7, 11) is 0. The zero-order valence-corrected chi connectivity index (χ0v) is 12.9. The van der Waals surface area contributed by atoms with Crippen LogP contribution < -0.4 is 10.1 Å². The number of hydrogen-bond donors (Lipinski definition) is 2. The summed E-state index contributed by atoms with van der Waals surface area (Å²) >= 11 is 6.02. The fourth-order valence-corrected chi connectivity index (χ4v) is 2.55. The summed E-state index contributed by atoms with van der Waals surface area (Å²) in [6, 6.07) is 4.70. The third-order valence-electron chi connectivity index (χ3n) is 3.41. The smallest absolute Gasteiger partial charge is 0.341 e. The second-order valence-corrected chi connectivity index (χ2v) is 5.63. The minimum Gasteiger partial charge on any atom is -0.480 e. The number of hydrogen-bond acceptors (Lipinski definition) is 4. The summed E-state index contributed by atoms with van der Waals surface area (Å²) in [6.07, 6.45) is 1.48. The van der Waals surface area contributed by atoms with Crippen LogP contribution in [-0.2, 0) is 14.3 Å². The van der Waals surface area contributed by atoms with E-state index in [0.717, 1.165) is 0 Å². The first kappa shape index (κ1) is 16.6. The van der Waals surface area contributed by atoms with Gasteiger partial charge in [0.05, 0.1) is 11.1 Å². The second-order valence-electron chi connectivity index (χ2n) is 5.22. The third-order valence-corrected chi connectivity index (χ3v) is 3.70. The minimum absolute atomic E-state index is 0.0644. The van der Waals surface area contributed by atoms with E-state index < -0.39 is 12.6 Å². The van der Waals surface area contributed by atoms with Gasteiger partial charge >= 0.3 is 5.97 Å². The molecule has 6 nitrogen and oxygen atoms in total. The van der Waals surface area contributed by atoms with E-state index in [1.165, 1.54) is 6.07 Å². The van der Waals surface area contributed by atoms with Gasteiger partial charge in [-0.15, -0.1) is 0 Å². The predicted octanol–water partition coefficient (Wildman–Crippen LogP) is 2.56. The van der Waals surface area contributed by atoms with Crippen LogP contribution in [0.2, 0.25) is 5.02 Å². The van der Waals surface area contributed by atoms with Crippen LogP contribution in [0.25, 0.3) is 0 Å². The highest BCUT2D eigenvalue weighted by atomic mass is 35.5. The van der Waals surface area contributed by atoms with Crippen LogP contribution >= 0.6 is 11.6 Å². The number of ether oxygens (including phenoxy) is 2. The molecule has 1 amide bonds. The van der Waals surface area contributed by atoms with Crippen molar-refractivity contribution in [1.29, 1.82) is 0 Å². The van der Waals surface area contributed by atoms with Gasteiger partial charge < -0.3 is 19.9 Å². The van der Waals surface area contributed by atoms with Crippen molar-refractivity contribution < 1.29 is 24.2 Å². The first-order valence-corrected chi connectivity index (χ1v) is 7.40. The number of carbonyl (C=O) groups is 2. The lowest BCUT2D eigenvalue weighted by molar-refractivity contribution is -0.139. The Balaban J connectivity index is 1.96. The van der Waals surface area contributed by atoms with Crippen molar-refractivity contribution >= 4 is 29.2 Å². The lowest BCUT2D eigenvalue weighted by Crippen LogP contribution is -2.32. The van der Waals surface area contributed by atoms with Crippen LogP contribution in [0.3, 0.4) is 0 Å². The number of amides is 1. The molecular formula is C15H18ClNO5. The SMILES string of the molecule is C[C@@H]1C[C@@H](C(=O)Nc2ccc(OCC(=O)O)c(Cl)c2)CCO1. The van der Waals surface area contributed by atoms with Gasteiger partial charge in [-0.25, -0.2) is 4.79 Å². The molecule has 1 saturated heterocycles. The number of carboxylic acid groups (broad SMARTS) is 1. The average molecular weight is 328 g/mol. The van der Waals surface area contributed by atoms with Gasteiger partial charge in [0.1, 0.15) is 5.75 Å². The minimum atomic E-state index is -1.08. The molecule has 0 spiro atoms. The van der Waals surface area contributed by atoms with Crippen molar-refractivity contribution in [3.8, 4) is 5.75 Å². The normalized spacial score (nSPS) is 21.2. The quantitative estimate of drug-likeness (QED) is 0.868. The van der Waals surface area contributed by atoms with Gasteiger partial charge in [0, 0.05) is 18.2 Å². The van der Waals surface area contributed by atoms with Crippen LogP contribution in [-0.4, -0.2) is 36.3 Å². The lowest BCUT2D eigenvalue weighted by atomic mass is 9.95. The Bertz CT molecular complexity index is 563. The van der Waals surface area contributed by atoms with Crippen molar-refractivity contribution in [3.05, 3.63) is 23.2 Å². The third kappa shape index (κ3) is 4.61. The molecule has 1 aliphatic heterocycles. The summed E-state index contributed by atoms with van der Waals surface area (Å²) in [5.74, 6) is -0.959. The van der Waals surface area contributed by atoms with E-state index in [0.29, 0.717) is 25.1 Å². The first-order chi connectivity index (χ1) is 10.5. The lowest BCUT2D eigenvalue weighted by Gasteiger charge is -2.26. The zero-order chi connectivity index (χ0) is 16.1. The number of nitrogens with one attached hydrogen (secondary N) is 1. The molecule has 0 radical (unpaired) electrons. The summed E-state index contributed by atoms with van der Waals surface area (Å²) in [5.41, 5.74) is 0.553. The summed E-state index contributed by atoms with van der Waals surface area (Å²) in [4.78, 5) is 22.7. The van der Waals surface area contributed by atoms with Crippen LogP contribution in [0.1, 0.15) is 19.8 Å². The van der Waals surface area contributed by atoms with Crippen LogP contribution in [0.4, 0.5) is 5.69 Å². The highest BCUT2D eigenvalue weighted by Crippen LogP contribution is 2.28. The molecular weight excluding hydrogens is 310 g/mol. The van der Waals surface area contributed by atoms with E-state index in [1.807, 2.05) is 6.92 Å². The molecule has 120 valence electrons. The number of rotatable bonds is 5. The number of anilines is 1. The zero-order valence-electron chi connectivity index (χ0n) is 12.2. The molecule has 1 heterocycles. The van der Waals surface area contributed by atoms with Crippen molar-refractivity contribution in [2.75, 3.05) is 18.5 Å². The number of halogens is 1. The van der Waals surface area contributed by atoms with E-state index >= 15 is 0 Å². The van der Waals surface area contributed by atoms with Crippen LogP contribution in [0.15, 0.2) is 18.2 Å². The van der Waals surface area contributed by atoms with Crippen LogP contribution in [0.5, 0.6) is 5.75 Å². The van der Waals surface area contributed by atoms with Crippen molar-refractivity contribution in [2.24, 2.45) is 5.92 Å². The molecule has 1 aromatic rings. The maximum Gasteiger partial charge on any atom is 0.341 e. The average Bonchev–Trinajstić information content (AvgIpc) is 2.46. The van der Waals surface area contributed by atoms with Crippen molar-refractivity contribution in [3.63, 3.8) is 0 Å². The summed E-state index contributed by atoms with van der Waals surface area (Å²) < 4.78 is 10.5. The van der Waals surface area contributed by atoms with E-state index in [-0.39, 0.29) is 28.7 Å². The molecule has 0 aromatic heterocycles. The molecule has 1 aromatic carbocycles. The van der Waals surface area contributed by atoms with Gasteiger partial charge in [-0.3, -0.25) is 4.79 Å². The number of benzene rings is 1. The first-order valence-electron chi connectivity index (χ1n) is 7.02. The summed E-state index contributed by atoms with van der Waals surface area (Å²) in [6.45, 7) is 2.07.